The number of hydrogen-bond acceptors (Lipinski definition) is 3. The molecule has 1 unspecified atom stereocenters. The monoisotopic (exact) mass is 194 g/mol. The van der Waals surface area contributed by atoms with E-state index in [1.165, 1.54) is 7.11 Å². The first-order valence-corrected chi connectivity index (χ1v) is 4.40. The van der Waals surface area contributed by atoms with Gasteiger partial charge in [0, 0.05) is 12.7 Å². The first kappa shape index (κ1) is 10.7. The Hall–Kier alpha value is -1.35. The lowest BCUT2D eigenvalue weighted by molar-refractivity contribution is 0.0655. The lowest BCUT2D eigenvalue weighted by Crippen LogP contribution is -2.18. The highest BCUT2D eigenvalue weighted by Crippen LogP contribution is 2.14. The van der Waals surface area contributed by atoms with E-state index in [2.05, 4.69) is 0 Å². The first-order valence-electron chi connectivity index (χ1n) is 4.40. The van der Waals surface area contributed by atoms with E-state index < -0.39 is 6.10 Å². The van der Waals surface area contributed by atoms with Crippen molar-refractivity contribution in [3.05, 3.63) is 29.8 Å². The molecule has 0 spiro atoms. The number of hydrogen-bond donors (Lipinski definition) is 0. The van der Waals surface area contributed by atoms with Crippen LogP contribution in [0.4, 0.5) is 0 Å². The van der Waals surface area contributed by atoms with Gasteiger partial charge >= 0.3 is 0 Å². The Kier molecular flexibility index (Phi) is 3.65. The van der Waals surface area contributed by atoms with Gasteiger partial charge in [-0.2, -0.15) is 0 Å². The van der Waals surface area contributed by atoms with Gasteiger partial charge in [-0.1, -0.05) is 12.1 Å². The molecule has 0 bridgehead atoms. The highest BCUT2D eigenvalue weighted by atomic mass is 16.5. The number of ether oxygens (including phenoxy) is 2. The third-order valence-electron chi connectivity index (χ3n) is 2.08. The Labute approximate surface area is 83.6 Å². The summed E-state index contributed by atoms with van der Waals surface area (Å²) in [6.07, 6.45) is -0.415. The zero-order chi connectivity index (χ0) is 10.6. The maximum Gasteiger partial charge on any atom is 0.191 e. The number of ketones is 1. The summed E-state index contributed by atoms with van der Waals surface area (Å²) >= 11 is 0. The van der Waals surface area contributed by atoms with Gasteiger partial charge in [-0.15, -0.1) is 0 Å². The van der Waals surface area contributed by atoms with E-state index in [1.54, 1.807) is 38.3 Å². The van der Waals surface area contributed by atoms with Crippen LogP contribution in [0.15, 0.2) is 24.3 Å². The quantitative estimate of drug-likeness (QED) is 0.687. The lowest BCUT2D eigenvalue weighted by Gasteiger charge is -2.08. The highest BCUT2D eigenvalue weighted by Gasteiger charge is 2.14. The van der Waals surface area contributed by atoms with Crippen LogP contribution in [-0.2, 0) is 4.74 Å². The first-order chi connectivity index (χ1) is 6.69. The molecule has 14 heavy (non-hydrogen) atoms. The Morgan fingerprint density at radius 1 is 1.36 bits per heavy atom. The van der Waals surface area contributed by atoms with Crippen LogP contribution in [0.3, 0.4) is 0 Å². The average molecular weight is 194 g/mol. The number of methoxy groups -OCH3 is 2. The molecule has 0 heterocycles. The molecular weight excluding hydrogens is 180 g/mol. The van der Waals surface area contributed by atoms with Crippen molar-refractivity contribution in [1.82, 2.24) is 0 Å². The fraction of sp³-hybridized carbons (Fsp3) is 0.364. The highest BCUT2D eigenvalue weighted by molar-refractivity contribution is 5.99. The van der Waals surface area contributed by atoms with E-state index >= 15 is 0 Å². The molecule has 76 valence electrons. The van der Waals surface area contributed by atoms with E-state index in [-0.39, 0.29) is 5.78 Å². The van der Waals surface area contributed by atoms with Crippen molar-refractivity contribution < 1.29 is 14.3 Å². The summed E-state index contributed by atoms with van der Waals surface area (Å²) in [4.78, 5) is 11.7. The van der Waals surface area contributed by atoms with Crippen LogP contribution in [0.5, 0.6) is 5.75 Å². The Bertz CT molecular complexity index is 320. The number of rotatable bonds is 4. The lowest BCUT2D eigenvalue weighted by atomic mass is 10.1. The molecule has 0 aliphatic carbocycles. The minimum Gasteiger partial charge on any atom is -0.497 e. The third kappa shape index (κ3) is 2.33. The second kappa shape index (κ2) is 4.77. The summed E-state index contributed by atoms with van der Waals surface area (Å²) in [6, 6.07) is 7.04. The average Bonchev–Trinajstić information content (AvgIpc) is 2.27. The van der Waals surface area contributed by atoms with Crippen LogP contribution in [-0.4, -0.2) is 26.1 Å². The summed E-state index contributed by atoms with van der Waals surface area (Å²) in [5.41, 5.74) is 0.610. The summed E-state index contributed by atoms with van der Waals surface area (Å²) in [5.74, 6) is 0.644. The molecule has 0 fully saturated rings. The summed E-state index contributed by atoms with van der Waals surface area (Å²) in [7, 11) is 3.09. The van der Waals surface area contributed by atoms with Gasteiger partial charge < -0.3 is 9.47 Å². The third-order valence-corrected chi connectivity index (χ3v) is 2.08. The van der Waals surface area contributed by atoms with E-state index in [0.717, 1.165) is 0 Å². The van der Waals surface area contributed by atoms with Crippen LogP contribution < -0.4 is 4.74 Å². The predicted molar refractivity (Wildman–Crippen MR) is 53.8 cm³/mol. The fourth-order valence-corrected chi connectivity index (χ4v) is 1.12. The van der Waals surface area contributed by atoms with Crippen LogP contribution in [0, 0.1) is 0 Å². The van der Waals surface area contributed by atoms with Crippen molar-refractivity contribution in [2.24, 2.45) is 0 Å². The van der Waals surface area contributed by atoms with E-state index in [0.29, 0.717) is 11.3 Å². The van der Waals surface area contributed by atoms with Gasteiger partial charge in [0.25, 0.3) is 0 Å². The molecule has 0 N–H and O–H groups in total. The summed E-state index contributed by atoms with van der Waals surface area (Å²) in [6.45, 7) is 1.72. The van der Waals surface area contributed by atoms with Crippen molar-refractivity contribution in [2.75, 3.05) is 14.2 Å². The maximum atomic E-state index is 11.7. The molecule has 0 radical (unpaired) electrons. The normalized spacial score (nSPS) is 12.2. The Balaban J connectivity index is 2.90. The van der Waals surface area contributed by atoms with Gasteiger partial charge in [0.2, 0.25) is 0 Å². The maximum absolute atomic E-state index is 11.7. The van der Waals surface area contributed by atoms with Gasteiger partial charge in [0.15, 0.2) is 5.78 Å². The van der Waals surface area contributed by atoms with Crippen LogP contribution in [0.25, 0.3) is 0 Å². The van der Waals surface area contributed by atoms with E-state index in [4.69, 9.17) is 9.47 Å². The molecule has 0 saturated heterocycles. The second-order valence-electron chi connectivity index (χ2n) is 2.97. The van der Waals surface area contributed by atoms with Crippen molar-refractivity contribution in [2.45, 2.75) is 13.0 Å². The van der Waals surface area contributed by atoms with E-state index in [1.807, 2.05) is 0 Å². The number of Topliss-reactive ketones (excluding diaryl/α,β-unsaturated/α-hetero) is 1. The predicted octanol–water partition coefficient (Wildman–Crippen LogP) is 1.91. The zero-order valence-electron chi connectivity index (χ0n) is 8.61. The zero-order valence-corrected chi connectivity index (χ0v) is 8.61. The molecule has 0 aliphatic rings. The molecule has 1 aromatic rings. The number of carbonyl (C=O) groups is 1. The second-order valence-corrected chi connectivity index (χ2v) is 2.97. The number of carbonyl (C=O) groups excluding carboxylic acids is 1. The molecule has 0 saturated carbocycles. The van der Waals surface area contributed by atoms with Crippen molar-refractivity contribution >= 4 is 5.78 Å². The molecule has 1 atom stereocenters. The Morgan fingerprint density at radius 2 is 2.07 bits per heavy atom. The molecule has 1 rings (SSSR count). The molecule has 0 aromatic heterocycles. The van der Waals surface area contributed by atoms with Gasteiger partial charge in [0.1, 0.15) is 11.9 Å². The summed E-state index contributed by atoms with van der Waals surface area (Å²) in [5, 5.41) is 0. The van der Waals surface area contributed by atoms with Crippen molar-refractivity contribution in [3.8, 4) is 5.75 Å². The van der Waals surface area contributed by atoms with Crippen LogP contribution >= 0.6 is 0 Å². The minimum absolute atomic E-state index is 0.0357. The molecule has 1 aromatic carbocycles. The van der Waals surface area contributed by atoms with E-state index in [9.17, 15) is 4.79 Å². The van der Waals surface area contributed by atoms with Gasteiger partial charge in [-0.3, -0.25) is 4.79 Å². The molecule has 0 amide bonds. The van der Waals surface area contributed by atoms with Crippen LogP contribution in [0.1, 0.15) is 17.3 Å². The smallest absolute Gasteiger partial charge is 0.191 e. The topological polar surface area (TPSA) is 35.5 Å². The standard InChI is InChI=1S/C11H14O3/c1-8(13-2)11(12)9-5-4-6-10(7-9)14-3/h4-8H,1-3H3. The largest absolute Gasteiger partial charge is 0.497 e. The van der Waals surface area contributed by atoms with Crippen molar-refractivity contribution in [3.63, 3.8) is 0 Å². The van der Waals surface area contributed by atoms with Gasteiger partial charge in [0.05, 0.1) is 7.11 Å². The molecule has 0 aliphatic heterocycles. The SMILES string of the molecule is COc1cccc(C(=O)C(C)OC)c1. The van der Waals surface area contributed by atoms with Crippen molar-refractivity contribution in [1.29, 1.82) is 0 Å². The summed E-state index contributed by atoms with van der Waals surface area (Å²) < 4.78 is 9.97. The fourth-order valence-electron chi connectivity index (χ4n) is 1.12. The van der Waals surface area contributed by atoms with Crippen LogP contribution in [0.2, 0.25) is 0 Å². The van der Waals surface area contributed by atoms with Gasteiger partial charge in [-0.05, 0) is 19.1 Å². The Morgan fingerprint density at radius 3 is 2.64 bits per heavy atom. The molecule has 3 nitrogen and oxygen atoms in total. The minimum atomic E-state index is -0.415. The van der Waals surface area contributed by atoms with Gasteiger partial charge in [-0.25, -0.2) is 0 Å². The molecule has 3 heteroatoms. The molecular formula is C11H14O3. The number of benzene rings is 1.